The lowest BCUT2D eigenvalue weighted by molar-refractivity contribution is -0.141. The lowest BCUT2D eigenvalue weighted by atomic mass is 10.5. The van der Waals surface area contributed by atoms with E-state index in [1.165, 1.54) is 35.7 Å². The summed E-state index contributed by atoms with van der Waals surface area (Å²) < 4.78 is 58.8. The number of ether oxygens (including phenoxy) is 3. The highest BCUT2D eigenvalue weighted by Gasteiger charge is 2.11. The van der Waals surface area contributed by atoms with E-state index in [2.05, 4.69) is 9.46 Å². The molecule has 0 aliphatic carbocycles. The third kappa shape index (κ3) is 31.3. The van der Waals surface area contributed by atoms with Crippen LogP contribution in [-0.2, 0) is 48.6 Å². The van der Waals surface area contributed by atoms with Gasteiger partial charge in [0.25, 0.3) is 0 Å². The van der Waals surface area contributed by atoms with Crippen LogP contribution in [0.15, 0.2) is 0 Å². The van der Waals surface area contributed by atoms with Gasteiger partial charge in [-0.25, -0.2) is 21.6 Å². The molecule has 0 unspecified atom stereocenters. The molecule has 0 bridgehead atoms. The predicted octanol–water partition coefficient (Wildman–Crippen LogP) is 1.79. The van der Waals surface area contributed by atoms with E-state index >= 15 is 0 Å². The number of nitrogens with zero attached hydrogens (tertiary/aromatic N) is 1. The molecule has 0 atom stereocenters. The van der Waals surface area contributed by atoms with Crippen molar-refractivity contribution in [3.8, 4) is 0 Å². The predicted molar refractivity (Wildman–Crippen MR) is 133 cm³/mol. The Bertz CT molecular complexity index is 740. The summed E-state index contributed by atoms with van der Waals surface area (Å²) in [5.41, 5.74) is 0. The molecule has 33 heavy (non-hydrogen) atoms. The zero-order valence-corrected chi connectivity index (χ0v) is 23.9. The fourth-order valence-electron chi connectivity index (χ4n) is 0.816. The monoisotopic (exact) mass is 574 g/mol. The molecule has 0 aliphatic heterocycles. The van der Waals surface area contributed by atoms with E-state index in [9.17, 15) is 31.2 Å². The second-order valence-electron chi connectivity index (χ2n) is 5.48. The van der Waals surface area contributed by atoms with E-state index in [1.807, 2.05) is 0 Å². The Morgan fingerprint density at radius 3 is 1.30 bits per heavy atom. The van der Waals surface area contributed by atoms with Gasteiger partial charge in [0.2, 0.25) is 20.0 Å². The van der Waals surface area contributed by atoms with Gasteiger partial charge in [0.05, 0.1) is 12.5 Å². The van der Waals surface area contributed by atoms with E-state index in [0.717, 1.165) is 28.2 Å². The molecular formula is C16H34N2O10S5. The molecule has 0 amide bonds. The maximum absolute atomic E-state index is 10.8. The molecule has 17 heteroatoms. The number of esters is 3. The van der Waals surface area contributed by atoms with Gasteiger partial charge < -0.3 is 14.2 Å². The maximum Gasteiger partial charge on any atom is 0.306 e. The summed E-state index contributed by atoms with van der Waals surface area (Å²) in [7, 11) is -0.650. The summed E-state index contributed by atoms with van der Waals surface area (Å²) >= 11 is 0.929. The fraction of sp³-hybridized carbons (Fsp3) is 0.812. The molecule has 0 aliphatic rings. The molecule has 0 aromatic carbocycles. The molecule has 0 heterocycles. The minimum Gasteiger partial charge on any atom is -0.454 e. The normalized spacial score (nSPS) is 10.8. The van der Waals surface area contributed by atoms with Crippen molar-refractivity contribution in [1.29, 1.82) is 0 Å². The summed E-state index contributed by atoms with van der Waals surface area (Å²) in [4.78, 5) is 32.0. The number of carbonyl (C=O) groups excluding carboxylic acids is 3. The lowest BCUT2D eigenvalue weighted by Crippen LogP contribution is -2.19. The van der Waals surface area contributed by atoms with Crippen LogP contribution in [-0.4, -0.2) is 82.9 Å². The van der Waals surface area contributed by atoms with E-state index < -0.39 is 20.0 Å². The average Bonchev–Trinajstić information content (AvgIpc) is 2.75. The Morgan fingerprint density at radius 2 is 1.06 bits per heavy atom. The number of sulfonamides is 2. The second-order valence-corrected chi connectivity index (χ2v) is 13.1. The van der Waals surface area contributed by atoms with Gasteiger partial charge in [0.1, 0.15) is 11.9 Å². The zero-order chi connectivity index (χ0) is 26.5. The van der Waals surface area contributed by atoms with E-state index in [-0.39, 0.29) is 23.8 Å². The number of carbonyl (C=O) groups is 3. The van der Waals surface area contributed by atoms with E-state index in [0.29, 0.717) is 31.1 Å². The van der Waals surface area contributed by atoms with Gasteiger partial charge in [-0.2, -0.15) is 0 Å². The van der Waals surface area contributed by atoms with E-state index in [1.54, 1.807) is 20.8 Å². The molecule has 0 saturated heterocycles. The number of hydrogen-bond acceptors (Lipinski definition) is 13. The van der Waals surface area contributed by atoms with Crippen molar-refractivity contribution < 1.29 is 45.4 Å². The van der Waals surface area contributed by atoms with Crippen LogP contribution in [0.1, 0.15) is 40.0 Å². The Hall–Kier alpha value is -0.720. The zero-order valence-electron chi connectivity index (χ0n) is 19.8. The van der Waals surface area contributed by atoms with Crippen molar-refractivity contribution in [3.05, 3.63) is 0 Å². The minimum atomic E-state index is -3.20. The first-order valence-electron chi connectivity index (χ1n) is 9.31. The van der Waals surface area contributed by atoms with Crippen molar-refractivity contribution in [2.75, 3.05) is 44.4 Å². The Morgan fingerprint density at radius 1 is 0.758 bits per heavy atom. The summed E-state index contributed by atoms with van der Waals surface area (Å²) in [6.07, 6.45) is 3.25. The summed E-state index contributed by atoms with van der Waals surface area (Å²) in [6.45, 7) is 5.15. The SMILES string of the molecule is CCC(=O)OCSN(C)S(C)(=O)=O.CCC(=O)OCSSCOC(=O)CC.CNS(C)(=O)=O. The first-order valence-corrected chi connectivity index (χ1v) is 16.5. The summed E-state index contributed by atoms with van der Waals surface area (Å²) in [6, 6.07) is 0. The van der Waals surface area contributed by atoms with Gasteiger partial charge in [-0.1, -0.05) is 20.8 Å². The van der Waals surface area contributed by atoms with Crippen molar-refractivity contribution in [2.45, 2.75) is 40.0 Å². The first kappa shape index (κ1) is 36.8. The van der Waals surface area contributed by atoms with Crippen LogP contribution in [0.2, 0.25) is 0 Å². The topological polar surface area (TPSA) is 162 Å². The van der Waals surface area contributed by atoms with Gasteiger partial charge in [-0.3, -0.25) is 14.4 Å². The van der Waals surface area contributed by atoms with Gasteiger partial charge in [-0.05, 0) is 40.6 Å². The number of hydrogen-bond donors (Lipinski definition) is 1. The Labute approximate surface area is 209 Å². The van der Waals surface area contributed by atoms with Crippen molar-refractivity contribution in [1.82, 2.24) is 8.43 Å². The van der Waals surface area contributed by atoms with Crippen LogP contribution < -0.4 is 4.72 Å². The highest BCUT2D eigenvalue weighted by atomic mass is 33.1. The quantitative estimate of drug-likeness (QED) is 0.0846. The van der Waals surface area contributed by atoms with Crippen LogP contribution in [0, 0.1) is 0 Å². The fourth-order valence-corrected chi connectivity index (χ4v) is 3.24. The molecule has 0 saturated carbocycles. The minimum absolute atomic E-state index is 0.0241. The van der Waals surface area contributed by atoms with Gasteiger partial charge >= 0.3 is 17.9 Å². The second kappa shape index (κ2) is 21.8. The molecule has 0 aromatic rings. The van der Waals surface area contributed by atoms with Gasteiger partial charge in [0, 0.05) is 26.3 Å². The van der Waals surface area contributed by atoms with Crippen LogP contribution in [0.5, 0.6) is 0 Å². The lowest BCUT2D eigenvalue weighted by Gasteiger charge is -2.11. The van der Waals surface area contributed by atoms with Gasteiger partial charge in [0.15, 0.2) is 5.94 Å². The van der Waals surface area contributed by atoms with Crippen molar-refractivity contribution >= 4 is 71.5 Å². The van der Waals surface area contributed by atoms with Crippen LogP contribution in [0.25, 0.3) is 0 Å². The highest BCUT2D eigenvalue weighted by Crippen LogP contribution is 2.21. The molecule has 0 fully saturated rings. The summed E-state index contributed by atoms with van der Waals surface area (Å²) in [5, 5.41) is 0. The third-order valence-electron chi connectivity index (χ3n) is 2.78. The molecular weight excluding hydrogens is 541 g/mol. The largest absolute Gasteiger partial charge is 0.454 e. The van der Waals surface area contributed by atoms with Gasteiger partial charge in [-0.15, -0.1) is 3.71 Å². The molecule has 0 radical (unpaired) electrons. The van der Waals surface area contributed by atoms with Crippen molar-refractivity contribution in [3.63, 3.8) is 0 Å². The molecule has 12 nitrogen and oxygen atoms in total. The summed E-state index contributed by atoms with van der Waals surface area (Å²) in [5.74, 6) is -0.167. The third-order valence-corrected chi connectivity index (χ3v) is 7.84. The molecule has 0 aromatic heterocycles. The highest BCUT2D eigenvalue weighted by molar-refractivity contribution is 8.76. The Kier molecular flexibility index (Phi) is 24.3. The first-order chi connectivity index (χ1) is 15.1. The van der Waals surface area contributed by atoms with Crippen LogP contribution in [0.3, 0.4) is 0 Å². The molecule has 198 valence electrons. The number of rotatable bonds is 13. The van der Waals surface area contributed by atoms with Crippen molar-refractivity contribution in [2.24, 2.45) is 0 Å². The van der Waals surface area contributed by atoms with E-state index in [4.69, 9.17) is 9.47 Å². The molecule has 1 N–H and O–H groups in total. The average molecular weight is 575 g/mol. The Balaban J connectivity index is -0.000000441. The smallest absolute Gasteiger partial charge is 0.306 e. The van der Waals surface area contributed by atoms with Crippen LogP contribution >= 0.6 is 33.5 Å². The molecule has 0 spiro atoms. The molecule has 0 rings (SSSR count). The van der Waals surface area contributed by atoms with Crippen LogP contribution in [0.4, 0.5) is 0 Å². The number of nitrogens with one attached hydrogen (secondary N) is 1. The maximum atomic E-state index is 10.8. The standard InChI is InChI=1S/C8H14O4S2.C6H13NO4S2.C2H7NO2S/c1-3-7(9)11-5-13-14-6-12-8(10)4-2;1-4-6(8)11-5-12-7(2)13(3,9)10;1-3-6(2,4)5/h3-6H2,1-2H3;4-5H2,1-3H3;3H,1-2H3.